The molecule has 2 rings (SSSR count). The maximum atomic E-state index is 11.6. The number of aryl methyl sites for hydroxylation is 1. The highest BCUT2D eigenvalue weighted by atomic mass is 16.1. The summed E-state index contributed by atoms with van der Waals surface area (Å²) in [5.41, 5.74) is 4.28. The number of carbonyl (C=O) groups excluding carboxylic acids is 1. The molecule has 2 aromatic rings. The molecule has 0 aromatic heterocycles. The number of rotatable bonds is 3. The van der Waals surface area contributed by atoms with Gasteiger partial charge in [-0.1, -0.05) is 43.3 Å². The van der Waals surface area contributed by atoms with E-state index in [-0.39, 0.29) is 5.91 Å². The fourth-order valence-corrected chi connectivity index (χ4v) is 2.08. The molecule has 2 aromatic carbocycles. The van der Waals surface area contributed by atoms with Crippen molar-refractivity contribution in [1.82, 2.24) is 5.32 Å². The van der Waals surface area contributed by atoms with Crippen molar-refractivity contribution in [3.63, 3.8) is 0 Å². The molecule has 0 bridgehead atoms. The standard InChI is InChI=1S/C16H17NO/c1-3-12-7-4-5-10-15(12)13-8-6-9-14(11-13)16(18)17-2/h4-11H,3H2,1-2H3,(H,17,18). The van der Waals surface area contributed by atoms with Crippen LogP contribution in [0.2, 0.25) is 0 Å². The van der Waals surface area contributed by atoms with E-state index in [2.05, 4.69) is 24.4 Å². The van der Waals surface area contributed by atoms with Gasteiger partial charge in [0, 0.05) is 12.6 Å². The van der Waals surface area contributed by atoms with Gasteiger partial charge in [-0.25, -0.2) is 0 Å². The Morgan fingerprint density at radius 2 is 1.89 bits per heavy atom. The Morgan fingerprint density at radius 1 is 1.11 bits per heavy atom. The summed E-state index contributed by atoms with van der Waals surface area (Å²) in [5.74, 6) is -0.0502. The molecule has 0 radical (unpaired) electrons. The molecule has 0 heterocycles. The van der Waals surface area contributed by atoms with Gasteiger partial charge < -0.3 is 5.32 Å². The lowest BCUT2D eigenvalue weighted by Gasteiger charge is -2.09. The average Bonchev–Trinajstić information content (AvgIpc) is 2.46. The third-order valence-corrected chi connectivity index (χ3v) is 3.06. The van der Waals surface area contributed by atoms with Gasteiger partial charge in [0.05, 0.1) is 0 Å². The fraction of sp³-hybridized carbons (Fsp3) is 0.188. The highest BCUT2D eigenvalue weighted by molar-refractivity contribution is 5.95. The van der Waals surface area contributed by atoms with Crippen molar-refractivity contribution in [2.45, 2.75) is 13.3 Å². The molecule has 0 unspecified atom stereocenters. The van der Waals surface area contributed by atoms with Crippen LogP contribution in [-0.2, 0) is 6.42 Å². The van der Waals surface area contributed by atoms with E-state index in [1.807, 2.05) is 36.4 Å². The number of hydrogen-bond acceptors (Lipinski definition) is 1. The van der Waals surface area contributed by atoms with E-state index in [4.69, 9.17) is 0 Å². The van der Waals surface area contributed by atoms with E-state index in [0.717, 1.165) is 12.0 Å². The van der Waals surface area contributed by atoms with Crippen molar-refractivity contribution in [3.05, 3.63) is 59.7 Å². The predicted octanol–water partition coefficient (Wildman–Crippen LogP) is 3.28. The zero-order valence-electron chi connectivity index (χ0n) is 10.7. The van der Waals surface area contributed by atoms with Crippen LogP contribution in [0.25, 0.3) is 11.1 Å². The number of benzene rings is 2. The minimum Gasteiger partial charge on any atom is -0.355 e. The zero-order chi connectivity index (χ0) is 13.0. The molecule has 2 nitrogen and oxygen atoms in total. The Bertz CT molecular complexity index is 561. The number of carbonyl (C=O) groups is 1. The molecule has 1 N–H and O–H groups in total. The van der Waals surface area contributed by atoms with E-state index in [0.29, 0.717) is 5.56 Å². The second-order valence-corrected chi connectivity index (χ2v) is 4.17. The molecule has 1 amide bonds. The predicted molar refractivity (Wildman–Crippen MR) is 74.6 cm³/mol. The molecule has 92 valence electrons. The van der Waals surface area contributed by atoms with Gasteiger partial charge in [0.15, 0.2) is 0 Å². The third kappa shape index (κ3) is 2.43. The molecule has 0 spiro atoms. The van der Waals surface area contributed by atoms with Gasteiger partial charge in [-0.3, -0.25) is 4.79 Å². The summed E-state index contributed by atoms with van der Waals surface area (Å²) >= 11 is 0. The van der Waals surface area contributed by atoms with Gasteiger partial charge in [-0.05, 0) is 35.2 Å². The van der Waals surface area contributed by atoms with Crippen LogP contribution in [0.1, 0.15) is 22.8 Å². The van der Waals surface area contributed by atoms with Crippen molar-refractivity contribution in [1.29, 1.82) is 0 Å². The first kappa shape index (κ1) is 12.4. The monoisotopic (exact) mass is 239 g/mol. The summed E-state index contributed by atoms with van der Waals surface area (Å²) in [6, 6.07) is 16.0. The molecule has 0 aliphatic heterocycles. The van der Waals surface area contributed by atoms with Gasteiger partial charge in [-0.15, -0.1) is 0 Å². The molecule has 2 heteroatoms. The molecule has 0 aliphatic rings. The lowest BCUT2D eigenvalue weighted by Crippen LogP contribution is -2.17. The molecule has 0 atom stereocenters. The minimum atomic E-state index is -0.0502. The van der Waals surface area contributed by atoms with E-state index in [1.54, 1.807) is 7.05 Å². The van der Waals surface area contributed by atoms with Crippen molar-refractivity contribution in [2.75, 3.05) is 7.05 Å². The van der Waals surface area contributed by atoms with Crippen LogP contribution in [0, 0.1) is 0 Å². The normalized spacial score (nSPS) is 10.1. The number of amides is 1. The van der Waals surface area contributed by atoms with Gasteiger partial charge in [0.2, 0.25) is 0 Å². The van der Waals surface area contributed by atoms with Crippen LogP contribution in [0.15, 0.2) is 48.5 Å². The van der Waals surface area contributed by atoms with Crippen molar-refractivity contribution >= 4 is 5.91 Å². The molecule has 0 saturated heterocycles. The quantitative estimate of drug-likeness (QED) is 0.875. The Morgan fingerprint density at radius 3 is 2.61 bits per heavy atom. The second kappa shape index (κ2) is 5.50. The summed E-state index contributed by atoms with van der Waals surface area (Å²) < 4.78 is 0. The van der Waals surface area contributed by atoms with Crippen LogP contribution in [0.3, 0.4) is 0 Å². The topological polar surface area (TPSA) is 29.1 Å². The van der Waals surface area contributed by atoms with Crippen LogP contribution in [0.5, 0.6) is 0 Å². The van der Waals surface area contributed by atoms with Crippen LogP contribution < -0.4 is 5.32 Å². The second-order valence-electron chi connectivity index (χ2n) is 4.17. The van der Waals surface area contributed by atoms with Crippen molar-refractivity contribution in [3.8, 4) is 11.1 Å². The molecular weight excluding hydrogens is 222 g/mol. The van der Waals surface area contributed by atoms with Crippen LogP contribution >= 0.6 is 0 Å². The molecule has 0 fully saturated rings. The van der Waals surface area contributed by atoms with E-state index < -0.39 is 0 Å². The maximum Gasteiger partial charge on any atom is 0.251 e. The lowest BCUT2D eigenvalue weighted by atomic mass is 9.97. The SMILES string of the molecule is CCc1ccccc1-c1cccc(C(=O)NC)c1. The Labute approximate surface area is 108 Å². The smallest absolute Gasteiger partial charge is 0.251 e. The van der Waals surface area contributed by atoms with E-state index >= 15 is 0 Å². The van der Waals surface area contributed by atoms with E-state index in [1.165, 1.54) is 11.1 Å². The van der Waals surface area contributed by atoms with Gasteiger partial charge in [0.1, 0.15) is 0 Å². The highest BCUT2D eigenvalue weighted by Gasteiger charge is 2.07. The van der Waals surface area contributed by atoms with Gasteiger partial charge >= 0.3 is 0 Å². The fourth-order valence-electron chi connectivity index (χ4n) is 2.08. The third-order valence-electron chi connectivity index (χ3n) is 3.06. The van der Waals surface area contributed by atoms with Gasteiger partial charge in [-0.2, -0.15) is 0 Å². The first-order valence-electron chi connectivity index (χ1n) is 6.16. The Hall–Kier alpha value is -2.09. The largest absolute Gasteiger partial charge is 0.355 e. The maximum absolute atomic E-state index is 11.6. The number of hydrogen-bond donors (Lipinski definition) is 1. The minimum absolute atomic E-state index is 0.0502. The lowest BCUT2D eigenvalue weighted by molar-refractivity contribution is 0.0963. The Balaban J connectivity index is 2.48. The van der Waals surface area contributed by atoms with Crippen LogP contribution in [-0.4, -0.2) is 13.0 Å². The zero-order valence-corrected chi connectivity index (χ0v) is 10.7. The Kier molecular flexibility index (Phi) is 3.78. The summed E-state index contributed by atoms with van der Waals surface area (Å²) in [4.78, 5) is 11.6. The number of nitrogens with one attached hydrogen (secondary N) is 1. The molecular formula is C16H17NO. The summed E-state index contributed by atoms with van der Waals surface area (Å²) in [6.07, 6.45) is 0.986. The summed E-state index contributed by atoms with van der Waals surface area (Å²) in [6.45, 7) is 2.14. The molecule has 18 heavy (non-hydrogen) atoms. The van der Waals surface area contributed by atoms with Crippen molar-refractivity contribution in [2.24, 2.45) is 0 Å². The molecule has 0 aliphatic carbocycles. The average molecular weight is 239 g/mol. The summed E-state index contributed by atoms with van der Waals surface area (Å²) in [7, 11) is 1.65. The first-order chi connectivity index (χ1) is 8.76. The highest BCUT2D eigenvalue weighted by Crippen LogP contribution is 2.24. The van der Waals surface area contributed by atoms with Crippen LogP contribution in [0.4, 0.5) is 0 Å². The van der Waals surface area contributed by atoms with Gasteiger partial charge in [0.25, 0.3) is 5.91 Å². The summed E-state index contributed by atoms with van der Waals surface area (Å²) in [5, 5.41) is 2.65. The van der Waals surface area contributed by atoms with E-state index in [9.17, 15) is 4.79 Å². The first-order valence-corrected chi connectivity index (χ1v) is 6.16. The van der Waals surface area contributed by atoms with Crippen molar-refractivity contribution < 1.29 is 4.79 Å². The molecule has 0 saturated carbocycles.